The number of benzene rings is 3. The third-order valence-corrected chi connectivity index (χ3v) is 6.38. The third-order valence-electron chi connectivity index (χ3n) is 6.38. The molecule has 9 N–H and O–H groups in total. The Balaban J connectivity index is 1.68. The fraction of sp³-hybridized carbons (Fsp3) is 0.185. The third kappa shape index (κ3) is 4.92. The van der Waals surface area contributed by atoms with Gasteiger partial charge >= 0.3 is 5.97 Å². The van der Waals surface area contributed by atoms with Crippen molar-refractivity contribution in [3.05, 3.63) is 58.3 Å². The topological polar surface area (TPSA) is 257 Å². The second kappa shape index (κ2) is 10.6. The first-order valence-corrected chi connectivity index (χ1v) is 12.0. The first-order valence-electron chi connectivity index (χ1n) is 12.0. The van der Waals surface area contributed by atoms with Gasteiger partial charge in [0, 0.05) is 17.7 Å². The standard InChI is InChI=1S/C27H22O15/c28-8-18-21(35)23(37)27(41-18)42-25-22(36)19-16(39-24(25)9-1-2-12(30)13(31)3-9)6-11(29)7-17(19)40-26(38)10-4-14(32)20(34)15(33)5-10/h1-7,18,21,23,27-35,37H,8H2/t18-,21-,23-,27+/m1/s1. The number of fused-ring (bicyclic) bond motifs is 1. The van der Waals surface area contributed by atoms with Crippen LogP contribution in [0.15, 0.2) is 51.7 Å². The van der Waals surface area contributed by atoms with Gasteiger partial charge in [0.2, 0.25) is 17.5 Å². The molecule has 4 aromatic rings. The lowest BCUT2D eigenvalue weighted by atomic mass is 10.1. The molecule has 15 heteroatoms. The van der Waals surface area contributed by atoms with Gasteiger partial charge < -0.3 is 64.6 Å². The number of esters is 1. The van der Waals surface area contributed by atoms with Crippen molar-refractivity contribution < 1.29 is 69.4 Å². The highest BCUT2D eigenvalue weighted by Gasteiger charge is 2.45. The van der Waals surface area contributed by atoms with Crippen LogP contribution in [0.1, 0.15) is 10.4 Å². The van der Waals surface area contributed by atoms with Crippen molar-refractivity contribution in [1.82, 2.24) is 0 Å². The Bertz CT molecular complexity index is 1740. The maximum atomic E-state index is 13.9. The average Bonchev–Trinajstić information content (AvgIpc) is 3.21. The summed E-state index contributed by atoms with van der Waals surface area (Å²) in [5.74, 6) is -7.17. The van der Waals surface area contributed by atoms with Crippen molar-refractivity contribution >= 4 is 16.9 Å². The van der Waals surface area contributed by atoms with Crippen molar-refractivity contribution in [2.75, 3.05) is 6.61 Å². The zero-order valence-corrected chi connectivity index (χ0v) is 21.0. The molecule has 15 nitrogen and oxygen atoms in total. The quantitative estimate of drug-likeness (QED) is 0.0857. The Kier molecular flexibility index (Phi) is 7.17. The summed E-state index contributed by atoms with van der Waals surface area (Å²) in [5, 5.41) is 88.5. The van der Waals surface area contributed by atoms with Crippen LogP contribution in [0.25, 0.3) is 22.3 Å². The minimum absolute atomic E-state index is 0.0389. The number of ether oxygens (including phenoxy) is 3. The van der Waals surface area contributed by atoms with Gasteiger partial charge in [-0.25, -0.2) is 4.79 Å². The van der Waals surface area contributed by atoms with Gasteiger partial charge in [-0.1, -0.05) is 0 Å². The molecule has 0 aliphatic carbocycles. The number of aromatic hydroxyl groups is 6. The molecule has 220 valence electrons. The summed E-state index contributed by atoms with van der Waals surface area (Å²) >= 11 is 0. The summed E-state index contributed by atoms with van der Waals surface area (Å²) < 4.78 is 22.0. The maximum absolute atomic E-state index is 13.9. The van der Waals surface area contributed by atoms with Crippen LogP contribution in [0.4, 0.5) is 0 Å². The number of aliphatic hydroxyl groups excluding tert-OH is 3. The van der Waals surface area contributed by atoms with E-state index in [-0.39, 0.29) is 11.1 Å². The Labute approximate surface area is 233 Å². The fourth-order valence-electron chi connectivity index (χ4n) is 4.26. The highest BCUT2D eigenvalue weighted by Crippen LogP contribution is 2.40. The molecule has 3 aromatic carbocycles. The van der Waals surface area contributed by atoms with Crippen molar-refractivity contribution in [2.45, 2.75) is 24.6 Å². The predicted octanol–water partition coefficient (Wildman–Crippen LogP) is 0.731. The number of carbonyl (C=O) groups is 1. The predicted molar refractivity (Wildman–Crippen MR) is 138 cm³/mol. The number of aliphatic hydroxyl groups is 3. The summed E-state index contributed by atoms with van der Waals surface area (Å²) in [5.41, 5.74) is -1.92. The summed E-state index contributed by atoms with van der Waals surface area (Å²) in [6.07, 6.45) is -6.33. The normalized spacial score (nSPS) is 20.1. The van der Waals surface area contributed by atoms with Gasteiger partial charge in [0.05, 0.1) is 12.2 Å². The number of hydrogen-bond donors (Lipinski definition) is 9. The van der Waals surface area contributed by atoms with Gasteiger partial charge in [-0.2, -0.15) is 0 Å². The SMILES string of the molecule is O=C(Oc1cc(O)cc2oc(-c3ccc(O)c(O)c3)c(O[C@@H]3O[C@H](CO)[C@@H](O)[C@H]3O)c(=O)c12)c1cc(O)c(O)c(O)c1. The van der Waals surface area contributed by atoms with Crippen LogP contribution in [0.5, 0.6) is 46.0 Å². The fourth-order valence-corrected chi connectivity index (χ4v) is 4.26. The second-order valence-corrected chi connectivity index (χ2v) is 9.19. The van der Waals surface area contributed by atoms with E-state index >= 15 is 0 Å². The van der Waals surface area contributed by atoms with Crippen molar-refractivity contribution in [3.63, 3.8) is 0 Å². The van der Waals surface area contributed by atoms with E-state index in [0.29, 0.717) is 0 Å². The lowest BCUT2D eigenvalue weighted by Crippen LogP contribution is -2.36. The molecule has 0 saturated carbocycles. The van der Waals surface area contributed by atoms with E-state index in [1.165, 1.54) is 6.07 Å². The molecule has 0 unspecified atom stereocenters. The van der Waals surface area contributed by atoms with Crippen LogP contribution in [-0.2, 0) is 4.74 Å². The summed E-state index contributed by atoms with van der Waals surface area (Å²) in [6.45, 7) is -0.704. The highest BCUT2D eigenvalue weighted by atomic mass is 16.7. The summed E-state index contributed by atoms with van der Waals surface area (Å²) in [7, 11) is 0. The smallest absolute Gasteiger partial charge is 0.343 e. The molecule has 1 aromatic heterocycles. The molecule has 0 radical (unpaired) electrons. The van der Waals surface area contributed by atoms with E-state index in [1.54, 1.807) is 0 Å². The van der Waals surface area contributed by atoms with Crippen LogP contribution < -0.4 is 14.9 Å². The molecule has 5 rings (SSSR count). The van der Waals surface area contributed by atoms with Gasteiger partial charge in [-0.05, 0) is 30.3 Å². The van der Waals surface area contributed by atoms with Crippen LogP contribution in [0.2, 0.25) is 0 Å². The number of carbonyl (C=O) groups excluding carboxylic acids is 1. The molecular formula is C27H22O15. The Morgan fingerprint density at radius 1 is 0.857 bits per heavy atom. The van der Waals surface area contributed by atoms with Crippen molar-refractivity contribution in [1.29, 1.82) is 0 Å². The van der Waals surface area contributed by atoms with Gasteiger partial charge in [0.15, 0.2) is 34.5 Å². The lowest BCUT2D eigenvalue weighted by Gasteiger charge is -2.19. The van der Waals surface area contributed by atoms with Crippen LogP contribution >= 0.6 is 0 Å². The van der Waals surface area contributed by atoms with E-state index in [0.717, 1.165) is 36.4 Å². The Morgan fingerprint density at radius 2 is 1.55 bits per heavy atom. The molecule has 0 amide bonds. The van der Waals surface area contributed by atoms with E-state index in [4.69, 9.17) is 18.6 Å². The average molecular weight is 586 g/mol. The number of phenols is 6. The summed E-state index contributed by atoms with van der Waals surface area (Å²) in [6, 6.07) is 6.73. The molecule has 1 saturated heterocycles. The zero-order chi connectivity index (χ0) is 30.5. The van der Waals surface area contributed by atoms with Crippen LogP contribution in [0, 0.1) is 0 Å². The first-order chi connectivity index (χ1) is 19.9. The maximum Gasteiger partial charge on any atom is 0.343 e. The monoisotopic (exact) mass is 586 g/mol. The van der Waals surface area contributed by atoms with Gasteiger partial charge in [0.25, 0.3) is 0 Å². The Morgan fingerprint density at radius 3 is 2.17 bits per heavy atom. The summed E-state index contributed by atoms with van der Waals surface area (Å²) in [4.78, 5) is 26.7. The van der Waals surface area contributed by atoms with Crippen molar-refractivity contribution in [3.8, 4) is 57.3 Å². The van der Waals surface area contributed by atoms with Gasteiger partial charge in [-0.15, -0.1) is 0 Å². The minimum atomic E-state index is -1.75. The number of hydrogen-bond acceptors (Lipinski definition) is 15. The second-order valence-electron chi connectivity index (χ2n) is 9.19. The molecular weight excluding hydrogens is 564 g/mol. The van der Waals surface area contributed by atoms with Gasteiger partial charge in [0.1, 0.15) is 40.8 Å². The van der Waals surface area contributed by atoms with E-state index < -0.39 is 105 Å². The van der Waals surface area contributed by atoms with E-state index in [1.807, 2.05) is 0 Å². The molecule has 1 aliphatic rings. The first kappa shape index (κ1) is 28.3. The molecule has 0 spiro atoms. The van der Waals surface area contributed by atoms with E-state index in [2.05, 4.69) is 0 Å². The molecule has 0 bridgehead atoms. The number of rotatable bonds is 6. The van der Waals surface area contributed by atoms with Gasteiger partial charge in [-0.3, -0.25) is 4.79 Å². The van der Waals surface area contributed by atoms with Crippen LogP contribution in [0.3, 0.4) is 0 Å². The number of phenolic OH excluding ortho intramolecular Hbond substituents is 6. The Hall–Kier alpha value is -5.22. The zero-order valence-electron chi connectivity index (χ0n) is 21.0. The highest BCUT2D eigenvalue weighted by molar-refractivity contribution is 5.96. The van der Waals surface area contributed by atoms with E-state index in [9.17, 15) is 55.5 Å². The molecule has 42 heavy (non-hydrogen) atoms. The molecule has 2 heterocycles. The molecule has 1 aliphatic heterocycles. The minimum Gasteiger partial charge on any atom is -0.508 e. The molecule has 1 fully saturated rings. The lowest BCUT2D eigenvalue weighted by molar-refractivity contribution is -0.117. The molecule has 4 atom stereocenters. The largest absolute Gasteiger partial charge is 0.508 e. The van der Waals surface area contributed by atoms with Crippen molar-refractivity contribution in [2.24, 2.45) is 0 Å². The van der Waals surface area contributed by atoms with Crippen LogP contribution in [-0.4, -0.2) is 83.1 Å².